The summed E-state index contributed by atoms with van der Waals surface area (Å²) in [6.07, 6.45) is 5.19. The highest BCUT2D eigenvalue weighted by Crippen LogP contribution is 2.40. The van der Waals surface area contributed by atoms with Crippen LogP contribution in [0.3, 0.4) is 0 Å². The Labute approximate surface area is 120 Å². The quantitative estimate of drug-likeness (QED) is 0.474. The first kappa shape index (κ1) is 18.4. The second-order valence-corrected chi connectivity index (χ2v) is 11.1. The molecule has 3 heteroatoms. The molecule has 0 aliphatic heterocycles. The zero-order chi connectivity index (χ0) is 15.3. The zero-order valence-corrected chi connectivity index (χ0v) is 14.5. The maximum atomic E-state index is 6.49. The molecule has 0 saturated carbocycles. The van der Waals surface area contributed by atoms with Crippen LogP contribution in [0.15, 0.2) is 38.0 Å². The second kappa shape index (κ2) is 6.68. The Bertz CT molecular complexity index is 318. The lowest BCUT2D eigenvalue weighted by atomic mass is 9.98. The first-order valence-corrected chi connectivity index (χ1v) is 9.67. The summed E-state index contributed by atoms with van der Waals surface area (Å²) in [5.41, 5.74) is -0.647. The minimum Gasteiger partial charge on any atom is -0.402 e. The van der Waals surface area contributed by atoms with Crippen LogP contribution in [0, 0.1) is 0 Å². The maximum absolute atomic E-state index is 6.49. The third kappa shape index (κ3) is 4.44. The van der Waals surface area contributed by atoms with E-state index < -0.39 is 13.9 Å². The number of hydrogen-bond donors (Lipinski definition) is 0. The molecule has 0 aliphatic rings. The summed E-state index contributed by atoms with van der Waals surface area (Å²) in [4.78, 5) is 0. The molecule has 0 unspecified atom stereocenters. The Morgan fingerprint density at radius 3 is 1.89 bits per heavy atom. The highest BCUT2D eigenvalue weighted by atomic mass is 28.4. The molecule has 0 rings (SSSR count). The van der Waals surface area contributed by atoms with Gasteiger partial charge in [0, 0.05) is 0 Å². The van der Waals surface area contributed by atoms with Crippen LogP contribution in [0.2, 0.25) is 18.1 Å². The number of ether oxygens (including phenoxy) is 1. The highest BCUT2D eigenvalue weighted by Gasteiger charge is 2.45. The Balaban J connectivity index is 5.26. The van der Waals surface area contributed by atoms with Crippen LogP contribution in [-0.4, -0.2) is 26.6 Å². The smallest absolute Gasteiger partial charge is 0.193 e. The van der Waals surface area contributed by atoms with Crippen molar-refractivity contribution in [2.45, 2.75) is 57.5 Å². The Morgan fingerprint density at radius 2 is 1.58 bits per heavy atom. The molecule has 1 atom stereocenters. The summed E-state index contributed by atoms with van der Waals surface area (Å²) in [5, 5.41) is 0.127. The van der Waals surface area contributed by atoms with Crippen molar-refractivity contribution in [3.63, 3.8) is 0 Å². The first-order valence-electron chi connectivity index (χ1n) is 6.76. The summed E-state index contributed by atoms with van der Waals surface area (Å²) in [5.74, 6) is 0. The van der Waals surface area contributed by atoms with E-state index in [2.05, 4.69) is 53.6 Å². The van der Waals surface area contributed by atoms with Crippen LogP contribution in [0.25, 0.3) is 0 Å². The van der Waals surface area contributed by atoms with E-state index in [0.717, 1.165) is 0 Å². The Kier molecular flexibility index (Phi) is 6.46. The summed E-state index contributed by atoms with van der Waals surface area (Å²) < 4.78 is 12.2. The van der Waals surface area contributed by atoms with Crippen molar-refractivity contribution in [2.24, 2.45) is 0 Å². The van der Waals surface area contributed by atoms with Crippen LogP contribution >= 0.6 is 0 Å². The summed E-state index contributed by atoms with van der Waals surface area (Å²) in [6, 6.07) is 0. The minimum atomic E-state index is -1.93. The standard InChI is InChI=1S/C16H30O2Si/c1-10-13-17-14(4)16(11-2,12-3)18-19(8,9)15(5,6)7/h10-12,14H,1-3,13H2,4-9H3/t14-/m0/s1. The van der Waals surface area contributed by atoms with E-state index in [4.69, 9.17) is 9.16 Å². The molecule has 0 spiro atoms. The van der Waals surface area contributed by atoms with Gasteiger partial charge in [-0.05, 0) is 25.1 Å². The molecule has 0 radical (unpaired) electrons. The molecule has 0 aromatic carbocycles. The fourth-order valence-corrected chi connectivity index (χ4v) is 3.04. The van der Waals surface area contributed by atoms with Gasteiger partial charge in [-0.2, -0.15) is 0 Å². The average Bonchev–Trinajstić information content (AvgIpc) is 2.31. The van der Waals surface area contributed by atoms with Crippen molar-refractivity contribution >= 4 is 8.32 Å². The van der Waals surface area contributed by atoms with Gasteiger partial charge in [0.2, 0.25) is 0 Å². The normalized spacial score (nSPS) is 14.8. The Hall–Kier alpha value is -0.643. The van der Waals surface area contributed by atoms with Gasteiger partial charge >= 0.3 is 0 Å². The molecular formula is C16H30O2Si. The molecule has 110 valence electrons. The van der Waals surface area contributed by atoms with E-state index in [1.54, 1.807) is 18.2 Å². The summed E-state index contributed by atoms with van der Waals surface area (Å²) >= 11 is 0. The lowest BCUT2D eigenvalue weighted by Crippen LogP contribution is -2.53. The summed E-state index contributed by atoms with van der Waals surface area (Å²) in [7, 11) is -1.93. The van der Waals surface area contributed by atoms with Gasteiger partial charge in [-0.3, -0.25) is 0 Å². The third-order valence-corrected chi connectivity index (χ3v) is 8.45. The van der Waals surface area contributed by atoms with Crippen molar-refractivity contribution in [2.75, 3.05) is 6.61 Å². The van der Waals surface area contributed by atoms with Crippen molar-refractivity contribution in [3.05, 3.63) is 38.0 Å². The molecule has 0 aromatic rings. The number of hydrogen-bond acceptors (Lipinski definition) is 2. The molecule has 0 fully saturated rings. The van der Waals surface area contributed by atoms with E-state index >= 15 is 0 Å². The molecule has 0 amide bonds. The molecular weight excluding hydrogens is 252 g/mol. The van der Waals surface area contributed by atoms with Gasteiger partial charge < -0.3 is 9.16 Å². The van der Waals surface area contributed by atoms with E-state index in [1.165, 1.54) is 0 Å². The first-order chi connectivity index (χ1) is 8.56. The van der Waals surface area contributed by atoms with Crippen molar-refractivity contribution in [1.82, 2.24) is 0 Å². The minimum absolute atomic E-state index is 0.127. The maximum Gasteiger partial charge on any atom is 0.193 e. The molecule has 0 aliphatic carbocycles. The average molecular weight is 282 g/mol. The van der Waals surface area contributed by atoms with E-state index in [0.29, 0.717) is 6.61 Å². The van der Waals surface area contributed by atoms with E-state index in [9.17, 15) is 0 Å². The topological polar surface area (TPSA) is 18.5 Å². The van der Waals surface area contributed by atoms with Crippen LogP contribution in [0.4, 0.5) is 0 Å². The largest absolute Gasteiger partial charge is 0.402 e. The van der Waals surface area contributed by atoms with Crippen molar-refractivity contribution in [1.29, 1.82) is 0 Å². The van der Waals surface area contributed by atoms with Gasteiger partial charge in [0.05, 0.1) is 12.7 Å². The molecule has 0 N–H and O–H groups in total. The molecule has 0 heterocycles. The summed E-state index contributed by atoms with van der Waals surface area (Å²) in [6.45, 7) is 25.1. The van der Waals surface area contributed by atoms with Gasteiger partial charge in [0.25, 0.3) is 0 Å². The fourth-order valence-electron chi connectivity index (χ4n) is 1.52. The third-order valence-electron chi connectivity index (χ3n) is 3.98. The predicted octanol–water partition coefficient (Wildman–Crippen LogP) is 4.71. The van der Waals surface area contributed by atoms with Crippen LogP contribution in [0.1, 0.15) is 27.7 Å². The van der Waals surface area contributed by atoms with E-state index in [-0.39, 0.29) is 11.1 Å². The molecule has 0 aromatic heterocycles. The lowest BCUT2D eigenvalue weighted by Gasteiger charge is -2.45. The van der Waals surface area contributed by atoms with Crippen molar-refractivity contribution < 1.29 is 9.16 Å². The van der Waals surface area contributed by atoms with Crippen LogP contribution < -0.4 is 0 Å². The van der Waals surface area contributed by atoms with Gasteiger partial charge in [-0.25, -0.2) is 0 Å². The van der Waals surface area contributed by atoms with Gasteiger partial charge in [-0.1, -0.05) is 52.2 Å². The highest BCUT2D eigenvalue weighted by molar-refractivity contribution is 6.74. The predicted molar refractivity (Wildman–Crippen MR) is 87.0 cm³/mol. The van der Waals surface area contributed by atoms with Crippen LogP contribution in [0.5, 0.6) is 0 Å². The van der Waals surface area contributed by atoms with Gasteiger partial charge in [0.1, 0.15) is 5.60 Å². The van der Waals surface area contributed by atoms with Crippen molar-refractivity contribution in [3.8, 4) is 0 Å². The molecule has 2 nitrogen and oxygen atoms in total. The Morgan fingerprint density at radius 1 is 1.11 bits per heavy atom. The molecule has 19 heavy (non-hydrogen) atoms. The van der Waals surface area contributed by atoms with E-state index in [1.807, 2.05) is 6.92 Å². The number of rotatable bonds is 8. The SMILES string of the molecule is C=CCO[C@@H](C)C(C=C)(C=C)O[Si](C)(C)C(C)(C)C. The molecule has 0 saturated heterocycles. The van der Waals surface area contributed by atoms with Gasteiger partial charge in [-0.15, -0.1) is 6.58 Å². The van der Waals surface area contributed by atoms with Crippen LogP contribution in [-0.2, 0) is 9.16 Å². The zero-order valence-electron chi connectivity index (χ0n) is 13.5. The second-order valence-electron chi connectivity index (χ2n) is 6.39. The fraction of sp³-hybridized carbons (Fsp3) is 0.625. The molecule has 0 bridgehead atoms. The lowest BCUT2D eigenvalue weighted by molar-refractivity contribution is -0.0276. The van der Waals surface area contributed by atoms with Gasteiger partial charge in [0.15, 0.2) is 8.32 Å². The monoisotopic (exact) mass is 282 g/mol.